The van der Waals surface area contributed by atoms with Crippen LogP contribution in [0.1, 0.15) is 56.9 Å². The number of anilines is 1. The van der Waals surface area contributed by atoms with Crippen molar-refractivity contribution in [3.63, 3.8) is 0 Å². The summed E-state index contributed by atoms with van der Waals surface area (Å²) in [5.74, 6) is 0.447. The van der Waals surface area contributed by atoms with Gasteiger partial charge in [0.1, 0.15) is 35.8 Å². The minimum Gasteiger partial charge on any atom is -0.489 e. The Morgan fingerprint density at radius 2 is 1.69 bits per heavy atom. The van der Waals surface area contributed by atoms with Crippen LogP contribution in [0.15, 0.2) is 85.5 Å². The van der Waals surface area contributed by atoms with E-state index in [1.807, 2.05) is 107 Å². The van der Waals surface area contributed by atoms with Crippen LogP contribution in [0.4, 0.5) is 10.5 Å². The van der Waals surface area contributed by atoms with Gasteiger partial charge in [0.25, 0.3) is 0 Å². The van der Waals surface area contributed by atoms with Crippen molar-refractivity contribution in [2.24, 2.45) is 0 Å². The third-order valence-corrected chi connectivity index (χ3v) is 10.8. The highest BCUT2D eigenvalue weighted by molar-refractivity contribution is 6.76. The molecule has 0 aliphatic carbocycles. The molecule has 3 aromatic rings. The summed E-state index contributed by atoms with van der Waals surface area (Å²) in [6.45, 7) is 21.9. The predicted molar refractivity (Wildman–Crippen MR) is 197 cm³/mol. The molecule has 2 amide bonds. The van der Waals surface area contributed by atoms with Crippen molar-refractivity contribution in [3.8, 4) is 5.75 Å². The Morgan fingerprint density at radius 1 is 1.00 bits per heavy atom. The lowest BCUT2D eigenvalue weighted by atomic mass is 9.74. The van der Waals surface area contributed by atoms with E-state index < -0.39 is 30.9 Å². The molecule has 49 heavy (non-hydrogen) atoms. The van der Waals surface area contributed by atoms with Crippen molar-refractivity contribution < 1.29 is 28.5 Å². The number of carbonyl (C=O) groups excluding carboxylic acids is 2. The SMILES string of the molecule is C=CC1(c2cc(CC3COC(C)(C)N3C(=O)OC(C)(C)C)ccc2OCc2ccccc2)C(=O)N(COCC[Si](C)(C)C)c2ccccc21. The van der Waals surface area contributed by atoms with E-state index in [2.05, 4.69) is 26.2 Å². The fourth-order valence-electron chi connectivity index (χ4n) is 6.57. The molecule has 9 heteroatoms. The maximum Gasteiger partial charge on any atom is 0.412 e. The van der Waals surface area contributed by atoms with E-state index in [4.69, 9.17) is 18.9 Å². The number of ether oxygens (including phenoxy) is 4. The van der Waals surface area contributed by atoms with Crippen molar-refractivity contribution in [1.82, 2.24) is 4.90 Å². The van der Waals surface area contributed by atoms with Crippen LogP contribution in [0.3, 0.4) is 0 Å². The van der Waals surface area contributed by atoms with Crippen molar-refractivity contribution in [1.29, 1.82) is 0 Å². The first kappa shape index (κ1) is 36.4. The Morgan fingerprint density at radius 3 is 2.37 bits per heavy atom. The smallest absolute Gasteiger partial charge is 0.412 e. The van der Waals surface area contributed by atoms with E-state index in [-0.39, 0.29) is 18.7 Å². The summed E-state index contributed by atoms with van der Waals surface area (Å²) in [7, 11) is -1.31. The number of para-hydroxylation sites is 1. The molecule has 0 spiro atoms. The van der Waals surface area contributed by atoms with Gasteiger partial charge < -0.3 is 18.9 Å². The highest BCUT2D eigenvalue weighted by atomic mass is 28.3. The quantitative estimate of drug-likeness (QED) is 0.109. The number of hydrogen-bond donors (Lipinski definition) is 0. The molecule has 2 heterocycles. The van der Waals surface area contributed by atoms with Crippen molar-refractivity contribution in [2.75, 3.05) is 24.8 Å². The molecular formula is C40H52N2O6Si. The molecule has 3 aromatic carbocycles. The van der Waals surface area contributed by atoms with Gasteiger partial charge in [0.15, 0.2) is 0 Å². The van der Waals surface area contributed by atoms with Crippen LogP contribution in [-0.4, -0.2) is 62.3 Å². The summed E-state index contributed by atoms with van der Waals surface area (Å²) in [4.78, 5) is 31.6. The van der Waals surface area contributed by atoms with Gasteiger partial charge in [-0.15, -0.1) is 6.58 Å². The fourth-order valence-corrected chi connectivity index (χ4v) is 7.33. The number of amides is 2. The molecule has 0 bridgehead atoms. The molecule has 0 saturated carbocycles. The van der Waals surface area contributed by atoms with Crippen LogP contribution in [0, 0.1) is 0 Å². The maximum absolute atomic E-state index is 14.8. The average Bonchev–Trinajstić information content (AvgIpc) is 3.46. The highest BCUT2D eigenvalue weighted by Crippen LogP contribution is 2.50. The molecule has 1 saturated heterocycles. The van der Waals surface area contributed by atoms with E-state index in [1.165, 1.54) is 0 Å². The normalized spacial score (nSPS) is 20.3. The Hall–Kier alpha value is -3.92. The molecule has 2 aliphatic heterocycles. The Balaban J connectivity index is 1.54. The van der Waals surface area contributed by atoms with Gasteiger partial charge in [-0.2, -0.15) is 0 Å². The largest absolute Gasteiger partial charge is 0.489 e. The molecule has 2 aliphatic rings. The molecule has 5 rings (SSSR count). The third kappa shape index (κ3) is 7.95. The lowest BCUT2D eigenvalue weighted by Crippen LogP contribution is -2.50. The first-order chi connectivity index (χ1) is 23.1. The second-order valence-electron chi connectivity index (χ2n) is 15.7. The van der Waals surface area contributed by atoms with E-state index in [0.717, 1.165) is 28.4 Å². The van der Waals surface area contributed by atoms with E-state index >= 15 is 0 Å². The van der Waals surface area contributed by atoms with Gasteiger partial charge in [-0.25, -0.2) is 4.79 Å². The standard InChI is InChI=1S/C40H52N2O6Si/c1-10-40(32-18-14-15-19-34(32)41(36(40)43)28-45-22-23-49(7,8)9)33-25-30(20-21-35(33)46-26-29-16-12-11-13-17-29)24-31-27-47-39(5,6)42(31)37(44)48-38(2,3)4/h10-21,25,31H,1,22-24,26-28H2,2-9H3. The lowest BCUT2D eigenvalue weighted by Gasteiger charge is -2.35. The van der Waals surface area contributed by atoms with Gasteiger partial charge in [0.2, 0.25) is 5.91 Å². The van der Waals surface area contributed by atoms with Gasteiger partial charge in [-0.3, -0.25) is 14.6 Å². The molecule has 262 valence electrons. The second kappa shape index (κ2) is 14.1. The summed E-state index contributed by atoms with van der Waals surface area (Å²) in [5, 5.41) is 0. The zero-order valence-electron chi connectivity index (χ0n) is 30.4. The van der Waals surface area contributed by atoms with Gasteiger partial charge in [-0.05, 0) is 75.9 Å². The Kier molecular flexibility index (Phi) is 10.5. The fraction of sp³-hybridized carbons (Fsp3) is 0.450. The van der Waals surface area contributed by atoms with Crippen LogP contribution >= 0.6 is 0 Å². The predicted octanol–water partition coefficient (Wildman–Crippen LogP) is 8.31. The summed E-state index contributed by atoms with van der Waals surface area (Å²) in [6, 6.07) is 24.5. The van der Waals surface area contributed by atoms with E-state index in [9.17, 15) is 9.59 Å². The van der Waals surface area contributed by atoms with Crippen LogP contribution in [-0.2, 0) is 37.4 Å². The molecule has 0 N–H and O–H groups in total. The van der Waals surface area contributed by atoms with Crippen LogP contribution in [0.5, 0.6) is 5.75 Å². The van der Waals surface area contributed by atoms with Crippen LogP contribution < -0.4 is 9.64 Å². The maximum atomic E-state index is 14.8. The average molecular weight is 685 g/mol. The number of benzene rings is 3. The highest BCUT2D eigenvalue weighted by Gasteiger charge is 2.52. The molecule has 0 aromatic heterocycles. The third-order valence-electron chi connectivity index (χ3n) is 9.07. The number of nitrogens with zero attached hydrogens (tertiary/aromatic N) is 2. The van der Waals surface area contributed by atoms with Crippen molar-refractivity contribution in [3.05, 3.63) is 108 Å². The molecule has 0 radical (unpaired) electrons. The van der Waals surface area contributed by atoms with Gasteiger partial charge in [-0.1, -0.05) is 86.4 Å². The first-order valence-electron chi connectivity index (χ1n) is 17.1. The van der Waals surface area contributed by atoms with E-state index in [1.54, 1.807) is 15.9 Å². The second-order valence-corrected chi connectivity index (χ2v) is 21.3. The number of fused-ring (bicyclic) bond motifs is 1. The zero-order valence-corrected chi connectivity index (χ0v) is 31.4. The van der Waals surface area contributed by atoms with Crippen molar-refractivity contribution >= 4 is 25.8 Å². The molecule has 2 unspecified atom stereocenters. The topological polar surface area (TPSA) is 77.5 Å². The van der Waals surface area contributed by atoms with Crippen molar-refractivity contribution in [2.45, 2.75) is 96.1 Å². The molecule has 8 nitrogen and oxygen atoms in total. The number of rotatable bonds is 12. The molecule has 1 fully saturated rings. The summed E-state index contributed by atoms with van der Waals surface area (Å²) >= 11 is 0. The number of hydrogen-bond acceptors (Lipinski definition) is 6. The molecule has 2 atom stereocenters. The van der Waals surface area contributed by atoms with Gasteiger partial charge in [0, 0.05) is 20.2 Å². The van der Waals surface area contributed by atoms with Gasteiger partial charge >= 0.3 is 6.09 Å². The Labute approximate surface area is 293 Å². The van der Waals surface area contributed by atoms with Gasteiger partial charge in [0.05, 0.1) is 18.3 Å². The summed E-state index contributed by atoms with van der Waals surface area (Å²) in [6.07, 6.45) is 1.80. The monoisotopic (exact) mass is 684 g/mol. The first-order valence-corrected chi connectivity index (χ1v) is 20.9. The minimum absolute atomic E-state index is 0.140. The number of carbonyl (C=O) groups is 2. The minimum atomic E-state index is -1.31. The van der Waals surface area contributed by atoms with Crippen LogP contribution in [0.25, 0.3) is 0 Å². The summed E-state index contributed by atoms with van der Waals surface area (Å²) < 4.78 is 24.6. The van der Waals surface area contributed by atoms with E-state index in [0.29, 0.717) is 37.6 Å². The van der Waals surface area contributed by atoms with Crippen LogP contribution in [0.2, 0.25) is 25.7 Å². The summed E-state index contributed by atoms with van der Waals surface area (Å²) in [5.41, 5.74) is 1.54. The molecular weight excluding hydrogens is 633 g/mol. The zero-order chi connectivity index (χ0) is 35.6. The Bertz CT molecular complexity index is 1660. The lowest BCUT2D eigenvalue weighted by molar-refractivity contribution is -0.121.